The van der Waals surface area contributed by atoms with Crippen molar-refractivity contribution in [3.8, 4) is 0 Å². The zero-order valence-corrected chi connectivity index (χ0v) is 17.7. The molecule has 6 heteroatoms. The number of benzene rings is 3. The van der Waals surface area contributed by atoms with Crippen molar-refractivity contribution in [2.45, 2.75) is 23.7 Å². The predicted octanol–water partition coefficient (Wildman–Crippen LogP) is 5.86. The largest absolute Gasteiger partial charge is 0.240 e. The summed E-state index contributed by atoms with van der Waals surface area (Å²) in [7, 11) is -3.61. The Morgan fingerprint density at radius 2 is 1.46 bits per heavy atom. The molecule has 0 amide bonds. The first-order chi connectivity index (χ1) is 13.4. The van der Waals surface area contributed by atoms with E-state index in [1.165, 1.54) is 0 Å². The molecule has 0 saturated carbocycles. The van der Waals surface area contributed by atoms with Gasteiger partial charge >= 0.3 is 0 Å². The fourth-order valence-electron chi connectivity index (χ4n) is 3.21. The molecule has 0 bridgehead atoms. The second-order valence-electron chi connectivity index (χ2n) is 6.63. The molecule has 2 atom stereocenters. The molecule has 3 rings (SSSR count). The first-order valence-corrected chi connectivity index (χ1v) is 11.2. The highest BCUT2D eigenvalue weighted by Crippen LogP contribution is 2.36. The third kappa shape index (κ3) is 4.95. The summed E-state index contributed by atoms with van der Waals surface area (Å²) in [6.45, 7) is 2.29. The van der Waals surface area contributed by atoms with E-state index in [0.717, 1.165) is 11.1 Å². The second kappa shape index (κ2) is 9.10. The van der Waals surface area contributed by atoms with E-state index in [2.05, 4.69) is 11.6 Å². The molecule has 2 unspecified atom stereocenters. The molecule has 3 nitrogen and oxygen atoms in total. The standard InChI is InChI=1S/C22H21Cl2NO2S/c1-16(17-11-13-18(23)14-12-17)21(20-9-5-6-10-22(20)24)15-25-28(26,27)19-7-3-2-4-8-19/h2-14,16,21,25H,15H2,1H3. The molecule has 28 heavy (non-hydrogen) atoms. The SMILES string of the molecule is CC(c1ccc(Cl)cc1)C(CNS(=O)(=O)c1ccccc1)c1ccccc1Cl. The van der Waals surface area contributed by atoms with E-state index in [-0.39, 0.29) is 23.3 Å². The third-order valence-corrected chi connectivity index (χ3v) is 6.89. The average molecular weight is 434 g/mol. The minimum atomic E-state index is -3.61. The Labute approximate surface area is 176 Å². The van der Waals surface area contributed by atoms with E-state index in [9.17, 15) is 8.42 Å². The van der Waals surface area contributed by atoms with Crippen LogP contribution in [-0.4, -0.2) is 15.0 Å². The minimum Gasteiger partial charge on any atom is -0.211 e. The minimum absolute atomic E-state index is 0.0237. The van der Waals surface area contributed by atoms with Gasteiger partial charge in [0.05, 0.1) is 4.90 Å². The first-order valence-electron chi connectivity index (χ1n) is 8.93. The first kappa shape index (κ1) is 20.9. The maximum absolute atomic E-state index is 12.7. The highest BCUT2D eigenvalue weighted by Gasteiger charge is 2.25. The zero-order chi connectivity index (χ0) is 20.1. The second-order valence-corrected chi connectivity index (χ2v) is 9.24. The van der Waals surface area contributed by atoms with Gasteiger partial charge in [-0.25, -0.2) is 13.1 Å². The van der Waals surface area contributed by atoms with E-state index in [4.69, 9.17) is 23.2 Å². The van der Waals surface area contributed by atoms with Crippen LogP contribution in [0.4, 0.5) is 0 Å². The van der Waals surface area contributed by atoms with Crippen molar-refractivity contribution in [2.24, 2.45) is 0 Å². The van der Waals surface area contributed by atoms with E-state index in [1.54, 1.807) is 30.3 Å². The summed E-state index contributed by atoms with van der Waals surface area (Å²) < 4.78 is 28.1. The summed E-state index contributed by atoms with van der Waals surface area (Å²) in [6.07, 6.45) is 0. The third-order valence-electron chi connectivity index (χ3n) is 4.85. The summed E-state index contributed by atoms with van der Waals surface area (Å²) in [6, 6.07) is 23.5. The average Bonchev–Trinajstić information content (AvgIpc) is 2.70. The molecule has 1 N–H and O–H groups in total. The quantitative estimate of drug-likeness (QED) is 0.506. The number of nitrogens with one attached hydrogen (secondary N) is 1. The Kier molecular flexibility index (Phi) is 6.78. The Bertz CT molecular complexity index is 1020. The van der Waals surface area contributed by atoms with Crippen molar-refractivity contribution in [2.75, 3.05) is 6.54 Å². The number of hydrogen-bond acceptors (Lipinski definition) is 2. The molecule has 0 aliphatic heterocycles. The van der Waals surface area contributed by atoms with Crippen LogP contribution in [-0.2, 0) is 10.0 Å². The van der Waals surface area contributed by atoms with Gasteiger partial charge in [0.1, 0.15) is 0 Å². The molecule has 0 aliphatic carbocycles. The fraction of sp³-hybridized carbons (Fsp3) is 0.182. The molecule has 146 valence electrons. The summed E-state index contributed by atoms with van der Waals surface area (Å²) in [5.41, 5.74) is 1.97. The molecular weight excluding hydrogens is 413 g/mol. The lowest BCUT2D eigenvalue weighted by molar-refractivity contribution is 0.540. The molecule has 0 heterocycles. The van der Waals surface area contributed by atoms with Crippen molar-refractivity contribution in [1.82, 2.24) is 4.72 Å². The van der Waals surface area contributed by atoms with Crippen LogP contribution in [0.2, 0.25) is 10.0 Å². The maximum atomic E-state index is 12.7. The Morgan fingerprint density at radius 3 is 2.11 bits per heavy atom. The van der Waals surface area contributed by atoms with Gasteiger partial charge in [-0.3, -0.25) is 0 Å². The number of sulfonamides is 1. The molecule has 0 aliphatic rings. The molecule has 0 radical (unpaired) electrons. The number of halogens is 2. The lowest BCUT2D eigenvalue weighted by Gasteiger charge is -2.26. The van der Waals surface area contributed by atoms with Crippen LogP contribution in [0.15, 0.2) is 83.8 Å². The van der Waals surface area contributed by atoms with Gasteiger partial charge in [0, 0.05) is 22.5 Å². The van der Waals surface area contributed by atoms with Crippen LogP contribution >= 0.6 is 23.2 Å². The van der Waals surface area contributed by atoms with Crippen molar-refractivity contribution in [1.29, 1.82) is 0 Å². The molecule has 0 spiro atoms. The van der Waals surface area contributed by atoms with Gasteiger partial charge in [0.15, 0.2) is 0 Å². The van der Waals surface area contributed by atoms with Crippen molar-refractivity contribution in [3.05, 3.63) is 100 Å². The molecule has 3 aromatic rings. The van der Waals surface area contributed by atoms with Crippen LogP contribution in [0.1, 0.15) is 29.9 Å². The van der Waals surface area contributed by atoms with Crippen LogP contribution in [0.3, 0.4) is 0 Å². The van der Waals surface area contributed by atoms with E-state index in [1.807, 2.05) is 48.5 Å². The van der Waals surface area contributed by atoms with Gasteiger partial charge < -0.3 is 0 Å². The van der Waals surface area contributed by atoms with Crippen molar-refractivity contribution < 1.29 is 8.42 Å². The highest BCUT2D eigenvalue weighted by molar-refractivity contribution is 7.89. The van der Waals surface area contributed by atoms with Crippen LogP contribution in [0.25, 0.3) is 0 Å². The molecule has 3 aromatic carbocycles. The zero-order valence-electron chi connectivity index (χ0n) is 15.3. The van der Waals surface area contributed by atoms with Gasteiger partial charge in [-0.05, 0) is 47.4 Å². The highest BCUT2D eigenvalue weighted by atomic mass is 35.5. The maximum Gasteiger partial charge on any atom is 0.240 e. The Morgan fingerprint density at radius 1 is 0.857 bits per heavy atom. The van der Waals surface area contributed by atoms with Gasteiger partial charge in [0.25, 0.3) is 0 Å². The van der Waals surface area contributed by atoms with E-state index >= 15 is 0 Å². The smallest absolute Gasteiger partial charge is 0.211 e. The summed E-state index contributed by atoms with van der Waals surface area (Å²) >= 11 is 12.5. The monoisotopic (exact) mass is 433 g/mol. The van der Waals surface area contributed by atoms with E-state index < -0.39 is 10.0 Å². The molecule has 0 saturated heterocycles. The lowest BCUT2D eigenvalue weighted by atomic mass is 9.83. The number of hydrogen-bond donors (Lipinski definition) is 1. The fourth-order valence-corrected chi connectivity index (χ4v) is 4.70. The van der Waals surface area contributed by atoms with Gasteiger partial charge in [0.2, 0.25) is 10.0 Å². The molecule has 0 fully saturated rings. The Balaban J connectivity index is 1.91. The van der Waals surface area contributed by atoms with Crippen LogP contribution in [0, 0.1) is 0 Å². The molecule has 0 aromatic heterocycles. The normalized spacial score (nSPS) is 13.8. The van der Waals surface area contributed by atoms with Crippen molar-refractivity contribution >= 4 is 33.2 Å². The summed E-state index contributed by atoms with van der Waals surface area (Å²) in [4.78, 5) is 0.243. The lowest BCUT2D eigenvalue weighted by Crippen LogP contribution is -2.30. The van der Waals surface area contributed by atoms with E-state index in [0.29, 0.717) is 10.0 Å². The summed E-state index contributed by atoms with van der Waals surface area (Å²) in [5.74, 6) is -0.121. The van der Waals surface area contributed by atoms with Gasteiger partial charge in [-0.15, -0.1) is 0 Å². The van der Waals surface area contributed by atoms with Crippen LogP contribution in [0.5, 0.6) is 0 Å². The van der Waals surface area contributed by atoms with Gasteiger partial charge in [-0.1, -0.05) is 78.7 Å². The summed E-state index contributed by atoms with van der Waals surface area (Å²) in [5, 5.41) is 1.28. The predicted molar refractivity (Wildman–Crippen MR) is 116 cm³/mol. The van der Waals surface area contributed by atoms with Crippen molar-refractivity contribution in [3.63, 3.8) is 0 Å². The van der Waals surface area contributed by atoms with Gasteiger partial charge in [-0.2, -0.15) is 0 Å². The Hall–Kier alpha value is -1.85. The van der Waals surface area contributed by atoms with Crippen LogP contribution < -0.4 is 4.72 Å². The molecular formula is C22H21Cl2NO2S. The topological polar surface area (TPSA) is 46.2 Å². The number of rotatable bonds is 7.